The lowest BCUT2D eigenvalue weighted by atomic mass is 10.3. The summed E-state index contributed by atoms with van der Waals surface area (Å²) in [6.07, 6.45) is 0. The highest BCUT2D eigenvalue weighted by Gasteiger charge is 1.98. The highest BCUT2D eigenvalue weighted by molar-refractivity contribution is 7.79. The van der Waals surface area contributed by atoms with Crippen molar-refractivity contribution in [2.75, 3.05) is 10.9 Å². The van der Waals surface area contributed by atoms with E-state index in [0.29, 0.717) is 5.69 Å². The van der Waals surface area contributed by atoms with Crippen molar-refractivity contribution in [2.24, 2.45) is 5.84 Å². The van der Waals surface area contributed by atoms with E-state index in [1.54, 1.807) is 24.3 Å². The molecule has 5 heteroatoms. The maximum Gasteiger partial charge on any atom is 0.0962 e. The number of hydrogen-bond donors (Lipinski definition) is 1. The number of benzene rings is 1. The minimum atomic E-state index is -2.15. The van der Waals surface area contributed by atoms with Crippen LogP contribution in [0.5, 0.6) is 0 Å². The van der Waals surface area contributed by atoms with Crippen LogP contribution in [0.4, 0.5) is 5.69 Å². The minimum absolute atomic E-state index is 0.190. The second kappa shape index (κ2) is 4.20. The first-order valence-electron chi connectivity index (χ1n) is 3.33. The number of hydrogen-bond acceptors (Lipinski definition) is 4. The number of para-hydroxylation sites is 1. The van der Waals surface area contributed by atoms with Crippen molar-refractivity contribution in [3.8, 4) is 0 Å². The Balaban J connectivity index is 2.65. The molecule has 1 atom stereocenters. The molecule has 0 spiro atoms. The van der Waals surface area contributed by atoms with Crippen LogP contribution in [-0.4, -0.2) is 14.6 Å². The second-order valence-corrected chi connectivity index (χ2v) is 3.10. The predicted molar refractivity (Wildman–Crippen MR) is 46.9 cm³/mol. The van der Waals surface area contributed by atoms with Crippen molar-refractivity contribution in [3.05, 3.63) is 30.3 Å². The molecule has 0 aliphatic carbocycles. The zero-order valence-corrected chi connectivity index (χ0v) is 7.16. The van der Waals surface area contributed by atoms with Crippen LogP contribution in [-0.2, 0) is 11.1 Å². The molecule has 1 aromatic rings. The van der Waals surface area contributed by atoms with Crippen molar-refractivity contribution in [1.82, 2.24) is 0 Å². The van der Waals surface area contributed by atoms with Crippen molar-refractivity contribution in [2.45, 2.75) is 0 Å². The zero-order valence-electron chi connectivity index (χ0n) is 6.34. The van der Waals surface area contributed by atoms with E-state index in [-0.39, 0.29) is 5.88 Å². The summed E-state index contributed by atoms with van der Waals surface area (Å²) in [5.41, 5.74) is 0.682. The highest BCUT2D eigenvalue weighted by atomic mass is 32.2. The second-order valence-electron chi connectivity index (χ2n) is 2.24. The SMILES string of the molecule is NN(CS(=O)[O-])c1ccccc1. The first-order chi connectivity index (χ1) is 5.70. The first kappa shape index (κ1) is 9.18. The van der Waals surface area contributed by atoms with E-state index >= 15 is 0 Å². The van der Waals surface area contributed by atoms with Crippen LogP contribution in [0.1, 0.15) is 0 Å². The molecular weight excluding hydrogens is 176 g/mol. The molecule has 0 saturated heterocycles. The molecule has 1 unspecified atom stereocenters. The molecule has 0 aliphatic rings. The van der Waals surface area contributed by atoms with E-state index < -0.39 is 11.1 Å². The van der Waals surface area contributed by atoms with Crippen molar-refractivity contribution in [3.63, 3.8) is 0 Å². The van der Waals surface area contributed by atoms with Crippen LogP contribution < -0.4 is 10.9 Å². The van der Waals surface area contributed by atoms with E-state index in [1.165, 1.54) is 5.01 Å². The average Bonchev–Trinajstić information content (AvgIpc) is 2.05. The number of hydrazine groups is 1. The van der Waals surface area contributed by atoms with E-state index in [2.05, 4.69) is 0 Å². The van der Waals surface area contributed by atoms with E-state index in [0.717, 1.165) is 0 Å². The molecule has 0 aromatic heterocycles. The maximum atomic E-state index is 10.3. The van der Waals surface area contributed by atoms with E-state index in [1.807, 2.05) is 6.07 Å². The van der Waals surface area contributed by atoms with Crippen LogP contribution in [0.3, 0.4) is 0 Å². The monoisotopic (exact) mass is 185 g/mol. The Bertz CT molecular complexity index is 265. The van der Waals surface area contributed by atoms with Gasteiger partial charge in [-0.15, -0.1) is 0 Å². The molecule has 4 nitrogen and oxygen atoms in total. The van der Waals surface area contributed by atoms with Crippen molar-refractivity contribution in [1.29, 1.82) is 0 Å². The molecule has 0 radical (unpaired) electrons. The summed E-state index contributed by atoms with van der Waals surface area (Å²) in [4.78, 5) is 0. The lowest BCUT2D eigenvalue weighted by Gasteiger charge is -2.19. The van der Waals surface area contributed by atoms with Crippen LogP contribution in [0.2, 0.25) is 0 Å². The topological polar surface area (TPSA) is 69.4 Å². The van der Waals surface area contributed by atoms with E-state index in [4.69, 9.17) is 5.84 Å². The maximum absolute atomic E-state index is 10.3. The average molecular weight is 185 g/mol. The summed E-state index contributed by atoms with van der Waals surface area (Å²) in [6, 6.07) is 8.91. The van der Waals surface area contributed by atoms with Gasteiger partial charge in [-0.05, 0) is 23.2 Å². The Labute approximate surface area is 73.2 Å². The van der Waals surface area contributed by atoms with E-state index in [9.17, 15) is 8.76 Å². The van der Waals surface area contributed by atoms with Crippen LogP contribution >= 0.6 is 0 Å². The van der Waals surface area contributed by atoms with Crippen molar-refractivity contribution < 1.29 is 8.76 Å². The van der Waals surface area contributed by atoms with Gasteiger partial charge in [-0.3, -0.25) is 9.22 Å². The Morgan fingerprint density at radius 3 is 2.50 bits per heavy atom. The van der Waals surface area contributed by atoms with Gasteiger partial charge in [-0.1, -0.05) is 18.2 Å². The third kappa shape index (κ3) is 2.61. The number of rotatable bonds is 3. The largest absolute Gasteiger partial charge is 0.771 e. The zero-order chi connectivity index (χ0) is 8.97. The molecule has 1 aromatic carbocycles. The molecule has 0 fully saturated rings. The standard InChI is InChI=1S/C7H10N2O2S/c8-9(6-12(10)11)7-4-2-1-3-5-7/h1-5H,6,8H2,(H,10,11)/p-1. The third-order valence-corrected chi connectivity index (χ3v) is 1.82. The minimum Gasteiger partial charge on any atom is -0.771 e. The van der Waals surface area contributed by atoms with Gasteiger partial charge in [0.25, 0.3) is 0 Å². The summed E-state index contributed by atoms with van der Waals surface area (Å²) < 4.78 is 20.5. The number of nitrogens with zero attached hydrogens (tertiary/aromatic N) is 1. The van der Waals surface area contributed by atoms with Crippen molar-refractivity contribution >= 4 is 16.8 Å². The molecular formula is C7H9N2O2S-. The first-order valence-corrected chi connectivity index (χ1v) is 4.57. The van der Waals surface area contributed by atoms with Crippen LogP contribution in [0.15, 0.2) is 30.3 Å². The fourth-order valence-electron chi connectivity index (χ4n) is 0.808. The Kier molecular flexibility index (Phi) is 3.21. The molecule has 0 bridgehead atoms. The van der Waals surface area contributed by atoms with Gasteiger partial charge in [-0.25, -0.2) is 5.84 Å². The fraction of sp³-hybridized carbons (Fsp3) is 0.143. The van der Waals surface area contributed by atoms with Crippen LogP contribution in [0, 0.1) is 0 Å². The molecule has 66 valence electrons. The number of nitrogens with two attached hydrogens (primary N) is 1. The lowest BCUT2D eigenvalue weighted by molar-refractivity contribution is 0.535. The smallest absolute Gasteiger partial charge is 0.0962 e. The molecule has 0 saturated carbocycles. The quantitative estimate of drug-likeness (QED) is 0.415. The van der Waals surface area contributed by atoms with Gasteiger partial charge in [0.1, 0.15) is 0 Å². The molecule has 1 rings (SSSR count). The Morgan fingerprint density at radius 1 is 1.42 bits per heavy atom. The summed E-state index contributed by atoms with van der Waals surface area (Å²) in [6.45, 7) is 0. The van der Waals surface area contributed by atoms with Gasteiger partial charge in [0.15, 0.2) is 0 Å². The summed E-state index contributed by atoms with van der Waals surface area (Å²) in [7, 11) is 0. The molecule has 12 heavy (non-hydrogen) atoms. The molecule has 2 N–H and O–H groups in total. The summed E-state index contributed by atoms with van der Waals surface area (Å²) in [5.74, 6) is 5.25. The fourth-order valence-corrected chi connectivity index (χ4v) is 1.18. The van der Waals surface area contributed by atoms with Gasteiger partial charge < -0.3 is 4.55 Å². The number of anilines is 1. The summed E-state index contributed by atoms with van der Waals surface area (Å²) >= 11 is -2.15. The van der Waals surface area contributed by atoms with Gasteiger partial charge in [0.2, 0.25) is 0 Å². The highest BCUT2D eigenvalue weighted by Crippen LogP contribution is 2.08. The Morgan fingerprint density at radius 2 is 2.00 bits per heavy atom. The predicted octanol–water partition coefficient (Wildman–Crippen LogP) is 0.203. The van der Waals surface area contributed by atoms with Gasteiger partial charge in [0.05, 0.1) is 11.6 Å². The van der Waals surface area contributed by atoms with Gasteiger partial charge in [-0.2, -0.15) is 0 Å². The lowest BCUT2D eigenvalue weighted by Crippen LogP contribution is -2.33. The Hall–Kier alpha value is -0.910. The normalized spacial score (nSPS) is 12.5. The molecule has 0 aliphatic heterocycles. The van der Waals surface area contributed by atoms with Crippen LogP contribution in [0.25, 0.3) is 0 Å². The van der Waals surface area contributed by atoms with Gasteiger partial charge in [0, 0.05) is 0 Å². The molecule has 0 amide bonds. The third-order valence-electron chi connectivity index (χ3n) is 1.33. The van der Waals surface area contributed by atoms with Gasteiger partial charge >= 0.3 is 0 Å². The summed E-state index contributed by atoms with van der Waals surface area (Å²) in [5, 5.41) is 1.17. The molecule has 0 heterocycles.